The van der Waals surface area contributed by atoms with Gasteiger partial charge in [-0.05, 0) is 38.1 Å². The Morgan fingerprint density at radius 1 is 1.16 bits per heavy atom. The minimum absolute atomic E-state index is 0.539. The molecule has 0 bridgehead atoms. The standard InChI is InChI=1S/C14H20N4O/c1-4-18(5-2)14-16-13(19-17-14)10-15-12-8-6-11(3)7-9-12/h6-9,15H,4-5,10H2,1-3H3. The molecule has 0 spiro atoms. The van der Waals surface area contributed by atoms with Crippen LogP contribution in [0.15, 0.2) is 28.8 Å². The number of nitrogens with one attached hydrogen (secondary N) is 1. The van der Waals surface area contributed by atoms with Crippen molar-refractivity contribution in [2.45, 2.75) is 27.3 Å². The van der Waals surface area contributed by atoms with E-state index in [-0.39, 0.29) is 0 Å². The maximum atomic E-state index is 5.23. The highest BCUT2D eigenvalue weighted by molar-refractivity contribution is 5.44. The largest absolute Gasteiger partial charge is 0.376 e. The van der Waals surface area contributed by atoms with Gasteiger partial charge in [0.15, 0.2) is 0 Å². The maximum absolute atomic E-state index is 5.23. The van der Waals surface area contributed by atoms with Gasteiger partial charge < -0.3 is 14.7 Å². The van der Waals surface area contributed by atoms with E-state index in [1.54, 1.807) is 0 Å². The van der Waals surface area contributed by atoms with Gasteiger partial charge in [-0.25, -0.2) is 0 Å². The molecule has 0 atom stereocenters. The quantitative estimate of drug-likeness (QED) is 0.865. The fourth-order valence-electron chi connectivity index (χ4n) is 1.80. The molecule has 0 radical (unpaired) electrons. The molecule has 102 valence electrons. The second kappa shape index (κ2) is 6.22. The van der Waals surface area contributed by atoms with Crippen molar-refractivity contribution in [3.8, 4) is 0 Å². The highest BCUT2D eigenvalue weighted by Gasteiger charge is 2.10. The molecule has 0 saturated carbocycles. The summed E-state index contributed by atoms with van der Waals surface area (Å²) < 4.78 is 5.23. The van der Waals surface area contributed by atoms with E-state index in [2.05, 4.69) is 53.3 Å². The van der Waals surface area contributed by atoms with Crippen LogP contribution in [0.3, 0.4) is 0 Å². The monoisotopic (exact) mass is 260 g/mol. The molecular weight excluding hydrogens is 240 g/mol. The average Bonchev–Trinajstić information content (AvgIpc) is 2.88. The molecule has 2 rings (SSSR count). The number of hydrogen-bond donors (Lipinski definition) is 1. The average molecular weight is 260 g/mol. The minimum Gasteiger partial charge on any atom is -0.376 e. The third-order valence-corrected chi connectivity index (χ3v) is 3.00. The maximum Gasteiger partial charge on any atom is 0.266 e. The predicted molar refractivity (Wildman–Crippen MR) is 76.4 cm³/mol. The first-order valence-corrected chi connectivity index (χ1v) is 6.61. The highest BCUT2D eigenvalue weighted by Crippen LogP contribution is 2.12. The second-order valence-electron chi connectivity index (χ2n) is 4.38. The normalized spacial score (nSPS) is 10.5. The number of rotatable bonds is 6. The van der Waals surface area contributed by atoms with Crippen molar-refractivity contribution >= 4 is 11.6 Å². The van der Waals surface area contributed by atoms with Gasteiger partial charge in [-0.15, -0.1) is 0 Å². The highest BCUT2D eigenvalue weighted by atomic mass is 16.5. The van der Waals surface area contributed by atoms with E-state index >= 15 is 0 Å². The van der Waals surface area contributed by atoms with Crippen molar-refractivity contribution in [3.05, 3.63) is 35.7 Å². The number of aromatic nitrogens is 2. The van der Waals surface area contributed by atoms with Gasteiger partial charge in [-0.1, -0.05) is 17.7 Å². The van der Waals surface area contributed by atoms with E-state index in [1.165, 1.54) is 5.56 Å². The molecule has 0 aliphatic carbocycles. The van der Waals surface area contributed by atoms with Crippen LogP contribution in [0.5, 0.6) is 0 Å². The number of anilines is 2. The van der Waals surface area contributed by atoms with Crippen LogP contribution in [0.4, 0.5) is 11.6 Å². The Bertz CT molecular complexity index is 502. The van der Waals surface area contributed by atoms with E-state index in [9.17, 15) is 0 Å². The van der Waals surface area contributed by atoms with Gasteiger partial charge in [0.05, 0.1) is 6.54 Å². The van der Waals surface area contributed by atoms with Gasteiger partial charge in [0.1, 0.15) is 0 Å². The van der Waals surface area contributed by atoms with Crippen molar-refractivity contribution in [2.75, 3.05) is 23.3 Å². The second-order valence-corrected chi connectivity index (χ2v) is 4.38. The molecule has 0 aliphatic rings. The number of nitrogens with zero attached hydrogens (tertiary/aromatic N) is 3. The van der Waals surface area contributed by atoms with Crippen molar-refractivity contribution < 1.29 is 4.52 Å². The van der Waals surface area contributed by atoms with E-state index in [4.69, 9.17) is 4.52 Å². The molecule has 19 heavy (non-hydrogen) atoms. The summed E-state index contributed by atoms with van der Waals surface area (Å²) in [5.74, 6) is 1.26. The van der Waals surface area contributed by atoms with Gasteiger partial charge >= 0.3 is 0 Å². The molecule has 2 aromatic rings. The first-order chi connectivity index (χ1) is 9.22. The molecule has 1 N–H and O–H groups in total. The van der Waals surface area contributed by atoms with Crippen LogP contribution in [0.1, 0.15) is 25.3 Å². The van der Waals surface area contributed by atoms with E-state index in [1.807, 2.05) is 12.1 Å². The summed E-state index contributed by atoms with van der Waals surface area (Å²) in [7, 11) is 0. The fourth-order valence-corrected chi connectivity index (χ4v) is 1.80. The lowest BCUT2D eigenvalue weighted by Crippen LogP contribution is -2.23. The van der Waals surface area contributed by atoms with Crippen LogP contribution in [0.2, 0.25) is 0 Å². The summed E-state index contributed by atoms with van der Waals surface area (Å²) in [6.07, 6.45) is 0. The van der Waals surface area contributed by atoms with Crippen LogP contribution >= 0.6 is 0 Å². The smallest absolute Gasteiger partial charge is 0.266 e. The first kappa shape index (κ1) is 13.4. The van der Waals surface area contributed by atoms with Crippen molar-refractivity contribution in [1.82, 2.24) is 10.1 Å². The fraction of sp³-hybridized carbons (Fsp3) is 0.429. The summed E-state index contributed by atoms with van der Waals surface area (Å²) in [6.45, 7) is 8.51. The number of benzene rings is 1. The Hall–Kier alpha value is -2.04. The molecule has 0 saturated heterocycles. The minimum atomic E-state index is 0.539. The van der Waals surface area contributed by atoms with Crippen molar-refractivity contribution in [3.63, 3.8) is 0 Å². The summed E-state index contributed by atoms with van der Waals surface area (Å²) in [5.41, 5.74) is 2.29. The Kier molecular flexibility index (Phi) is 4.39. The van der Waals surface area contributed by atoms with Gasteiger partial charge in [-0.2, -0.15) is 4.98 Å². The SMILES string of the molecule is CCN(CC)c1noc(CNc2ccc(C)cc2)n1. The topological polar surface area (TPSA) is 54.2 Å². The lowest BCUT2D eigenvalue weighted by molar-refractivity contribution is 0.382. The predicted octanol–water partition coefficient (Wildman–Crippen LogP) is 2.84. The van der Waals surface area contributed by atoms with Crippen molar-refractivity contribution in [1.29, 1.82) is 0 Å². The van der Waals surface area contributed by atoms with Gasteiger partial charge in [0.2, 0.25) is 5.89 Å². The molecule has 1 aromatic carbocycles. The van der Waals surface area contributed by atoms with Crippen LogP contribution in [0, 0.1) is 6.92 Å². The summed E-state index contributed by atoms with van der Waals surface area (Å²) >= 11 is 0. The number of hydrogen-bond acceptors (Lipinski definition) is 5. The third-order valence-electron chi connectivity index (χ3n) is 3.00. The Balaban J connectivity index is 1.95. The van der Waals surface area contributed by atoms with E-state index < -0.39 is 0 Å². The Morgan fingerprint density at radius 3 is 2.47 bits per heavy atom. The Morgan fingerprint density at radius 2 is 1.84 bits per heavy atom. The van der Waals surface area contributed by atoms with Gasteiger partial charge in [0.25, 0.3) is 5.95 Å². The third kappa shape index (κ3) is 3.47. The lowest BCUT2D eigenvalue weighted by atomic mass is 10.2. The summed E-state index contributed by atoms with van der Waals surface area (Å²) in [4.78, 5) is 6.42. The molecule has 1 heterocycles. The van der Waals surface area contributed by atoms with Gasteiger partial charge in [0, 0.05) is 18.8 Å². The van der Waals surface area contributed by atoms with Crippen molar-refractivity contribution in [2.24, 2.45) is 0 Å². The van der Waals surface area contributed by atoms with Gasteiger partial charge in [-0.3, -0.25) is 0 Å². The molecule has 0 aliphatic heterocycles. The Labute approximate surface area is 113 Å². The van der Waals surface area contributed by atoms with Crippen LogP contribution in [0.25, 0.3) is 0 Å². The summed E-state index contributed by atoms with van der Waals surface area (Å²) in [6, 6.07) is 8.21. The zero-order valence-corrected chi connectivity index (χ0v) is 11.7. The molecule has 0 fully saturated rings. The zero-order chi connectivity index (χ0) is 13.7. The van der Waals surface area contributed by atoms with Crippen LogP contribution in [-0.2, 0) is 6.54 Å². The van der Waals surface area contributed by atoms with E-state index in [0.29, 0.717) is 18.4 Å². The first-order valence-electron chi connectivity index (χ1n) is 6.61. The summed E-state index contributed by atoms with van der Waals surface area (Å²) in [5, 5.41) is 7.25. The molecule has 0 amide bonds. The molecule has 5 heteroatoms. The molecular formula is C14H20N4O. The molecule has 1 aromatic heterocycles. The van der Waals surface area contributed by atoms with Crippen LogP contribution in [-0.4, -0.2) is 23.2 Å². The lowest BCUT2D eigenvalue weighted by Gasteiger charge is -2.14. The van der Waals surface area contributed by atoms with E-state index in [0.717, 1.165) is 18.8 Å². The molecule has 5 nitrogen and oxygen atoms in total. The molecule has 0 unspecified atom stereocenters. The zero-order valence-electron chi connectivity index (χ0n) is 11.7. The number of aryl methyl sites for hydroxylation is 1. The van der Waals surface area contributed by atoms with Crippen LogP contribution < -0.4 is 10.2 Å².